The summed E-state index contributed by atoms with van der Waals surface area (Å²) in [6.45, 7) is 6.64. The van der Waals surface area contributed by atoms with E-state index in [0.29, 0.717) is 19.3 Å². The van der Waals surface area contributed by atoms with Gasteiger partial charge in [-0.15, -0.1) is 0 Å². The molecule has 0 N–H and O–H groups in total. The van der Waals surface area contributed by atoms with Crippen LogP contribution in [0.15, 0.2) is 0 Å². The maximum Gasteiger partial charge on any atom is 0.344 e. The molecule has 3 fully saturated rings. The zero-order chi connectivity index (χ0) is 19.2. The van der Waals surface area contributed by atoms with Crippen LogP contribution < -0.4 is 0 Å². The number of hydrogen-bond donors (Lipinski definition) is 0. The van der Waals surface area contributed by atoms with E-state index < -0.39 is 48.0 Å². The molecule has 0 aromatic rings. The first-order valence-electron chi connectivity index (χ1n) is 9.31. The van der Waals surface area contributed by atoms with Crippen LogP contribution in [0.5, 0.6) is 0 Å². The van der Waals surface area contributed by atoms with E-state index in [0.717, 1.165) is 0 Å². The fraction of sp³-hybridized carbons (Fsp3) is 0.789. The van der Waals surface area contributed by atoms with Gasteiger partial charge in [-0.1, -0.05) is 13.8 Å². The van der Waals surface area contributed by atoms with Crippen LogP contribution in [0, 0.1) is 29.1 Å². The zero-order valence-corrected chi connectivity index (χ0v) is 15.7. The van der Waals surface area contributed by atoms with E-state index in [1.165, 1.54) is 0 Å². The lowest BCUT2D eigenvalue weighted by molar-refractivity contribution is -0.173. The van der Waals surface area contributed by atoms with Gasteiger partial charge in [-0.2, -0.15) is 0 Å². The van der Waals surface area contributed by atoms with Crippen molar-refractivity contribution in [1.82, 2.24) is 0 Å². The van der Waals surface area contributed by atoms with Crippen molar-refractivity contribution in [3.05, 3.63) is 0 Å². The molecule has 0 amide bonds. The number of carbonyl (C=O) groups excluding carboxylic acids is 4. The van der Waals surface area contributed by atoms with Crippen molar-refractivity contribution < 1.29 is 33.4 Å². The third-order valence-corrected chi connectivity index (χ3v) is 6.29. The van der Waals surface area contributed by atoms with Gasteiger partial charge < -0.3 is 14.2 Å². The summed E-state index contributed by atoms with van der Waals surface area (Å²) in [5, 5.41) is 0. The van der Waals surface area contributed by atoms with Crippen LogP contribution in [0.4, 0.5) is 0 Å². The van der Waals surface area contributed by atoms with Crippen LogP contribution in [0.1, 0.15) is 47.0 Å². The first-order valence-corrected chi connectivity index (χ1v) is 9.31. The van der Waals surface area contributed by atoms with Crippen molar-refractivity contribution in [2.24, 2.45) is 29.1 Å². The Hall–Kier alpha value is -1.92. The van der Waals surface area contributed by atoms with Crippen LogP contribution in [0.25, 0.3) is 0 Å². The highest BCUT2D eigenvalue weighted by Crippen LogP contribution is 2.59. The van der Waals surface area contributed by atoms with Gasteiger partial charge in [-0.3, -0.25) is 14.4 Å². The van der Waals surface area contributed by atoms with E-state index >= 15 is 0 Å². The molecule has 0 radical (unpaired) electrons. The third kappa shape index (κ3) is 2.91. The van der Waals surface area contributed by atoms with Gasteiger partial charge in [0.1, 0.15) is 18.0 Å². The molecule has 7 heteroatoms. The lowest BCUT2D eigenvalue weighted by Gasteiger charge is -2.30. The highest BCUT2D eigenvalue weighted by Gasteiger charge is 2.69. The quantitative estimate of drug-likeness (QED) is 0.499. The summed E-state index contributed by atoms with van der Waals surface area (Å²) >= 11 is 0. The first-order chi connectivity index (χ1) is 12.2. The Bertz CT molecular complexity index is 638. The van der Waals surface area contributed by atoms with Gasteiger partial charge in [-0.05, 0) is 26.7 Å². The summed E-state index contributed by atoms with van der Waals surface area (Å²) in [5.41, 5.74) is -0.667. The van der Waals surface area contributed by atoms with Crippen LogP contribution in [0.2, 0.25) is 0 Å². The van der Waals surface area contributed by atoms with Gasteiger partial charge in [0.2, 0.25) is 0 Å². The number of hydrogen-bond acceptors (Lipinski definition) is 7. The van der Waals surface area contributed by atoms with Crippen LogP contribution >= 0.6 is 0 Å². The minimum atomic E-state index is -0.676. The predicted octanol–water partition coefficient (Wildman–Crippen LogP) is 1.66. The Morgan fingerprint density at radius 3 is 2.50 bits per heavy atom. The lowest BCUT2D eigenvalue weighted by Crippen LogP contribution is -2.43. The summed E-state index contributed by atoms with van der Waals surface area (Å²) in [7, 11) is 0. The van der Waals surface area contributed by atoms with Crippen molar-refractivity contribution in [1.29, 1.82) is 0 Å². The lowest BCUT2D eigenvalue weighted by atomic mass is 9.75. The third-order valence-electron chi connectivity index (χ3n) is 6.29. The summed E-state index contributed by atoms with van der Waals surface area (Å²) in [6.07, 6.45) is 0.469. The van der Waals surface area contributed by atoms with Gasteiger partial charge in [-0.25, -0.2) is 4.79 Å². The maximum absolute atomic E-state index is 12.3. The molecule has 2 saturated carbocycles. The standard InChI is InChI=1S/C19H26O7/c1-5-11(20)13-9-7-10-14(13)17(22)26-16(10)15(9)25-12(21)8-24-18(23)19(3,4)6-2/h9-10,13-16H,5-8H2,1-4H3. The van der Waals surface area contributed by atoms with Crippen molar-refractivity contribution >= 4 is 23.7 Å². The normalized spacial score (nSPS) is 34.5. The number of fused-ring (bicyclic) bond motifs is 1. The van der Waals surface area contributed by atoms with Gasteiger partial charge in [0.05, 0.1) is 11.3 Å². The fourth-order valence-corrected chi connectivity index (χ4v) is 4.47. The second-order valence-corrected chi connectivity index (χ2v) is 8.10. The van der Waals surface area contributed by atoms with Crippen molar-refractivity contribution in [3.63, 3.8) is 0 Å². The molecule has 6 unspecified atom stereocenters. The fourth-order valence-electron chi connectivity index (χ4n) is 4.47. The van der Waals surface area contributed by atoms with Crippen LogP contribution in [-0.4, -0.2) is 42.5 Å². The van der Waals surface area contributed by atoms with Crippen molar-refractivity contribution in [2.75, 3.05) is 6.61 Å². The van der Waals surface area contributed by atoms with Gasteiger partial charge >= 0.3 is 17.9 Å². The Labute approximate surface area is 152 Å². The Morgan fingerprint density at radius 1 is 1.19 bits per heavy atom. The second kappa shape index (κ2) is 6.67. The summed E-state index contributed by atoms with van der Waals surface area (Å²) in [5.74, 6) is -2.57. The van der Waals surface area contributed by atoms with E-state index in [9.17, 15) is 19.2 Å². The number of esters is 3. The molecule has 0 aromatic heterocycles. The van der Waals surface area contributed by atoms with E-state index in [2.05, 4.69) is 0 Å². The van der Waals surface area contributed by atoms with Crippen LogP contribution in [-0.2, 0) is 33.4 Å². The predicted molar refractivity (Wildman–Crippen MR) is 88.7 cm³/mol. The van der Waals surface area contributed by atoms with E-state index in [1.807, 2.05) is 6.92 Å². The molecule has 144 valence electrons. The molecule has 3 aliphatic rings. The Kier molecular flexibility index (Phi) is 4.84. The largest absolute Gasteiger partial charge is 0.458 e. The topological polar surface area (TPSA) is 96.0 Å². The molecular weight excluding hydrogens is 340 g/mol. The molecule has 1 aliphatic heterocycles. The molecule has 1 saturated heterocycles. The van der Waals surface area contributed by atoms with Crippen LogP contribution in [0.3, 0.4) is 0 Å². The molecule has 0 spiro atoms. The minimum absolute atomic E-state index is 0.0111. The van der Waals surface area contributed by atoms with Gasteiger partial charge in [0.25, 0.3) is 0 Å². The molecule has 2 aliphatic carbocycles. The molecule has 2 bridgehead atoms. The second-order valence-electron chi connectivity index (χ2n) is 8.10. The Balaban J connectivity index is 1.63. The van der Waals surface area contributed by atoms with Gasteiger partial charge in [0.15, 0.2) is 6.61 Å². The molecule has 3 rings (SSSR count). The minimum Gasteiger partial charge on any atom is -0.458 e. The molecule has 7 nitrogen and oxygen atoms in total. The van der Waals surface area contributed by atoms with Crippen molar-refractivity contribution in [2.45, 2.75) is 59.2 Å². The smallest absolute Gasteiger partial charge is 0.344 e. The molecule has 0 aromatic carbocycles. The highest BCUT2D eigenvalue weighted by molar-refractivity contribution is 5.90. The maximum atomic E-state index is 12.3. The number of carbonyl (C=O) groups is 4. The number of Topliss-reactive ketones (excluding diaryl/α,β-unsaturated/α-hetero) is 1. The zero-order valence-electron chi connectivity index (χ0n) is 15.7. The number of ether oxygens (including phenoxy) is 3. The Morgan fingerprint density at radius 2 is 1.88 bits per heavy atom. The van der Waals surface area contributed by atoms with E-state index in [4.69, 9.17) is 14.2 Å². The molecule has 26 heavy (non-hydrogen) atoms. The average molecular weight is 366 g/mol. The highest BCUT2D eigenvalue weighted by atomic mass is 16.6. The summed E-state index contributed by atoms with van der Waals surface area (Å²) < 4.78 is 16.0. The SMILES string of the molecule is CCC(=O)C1C2CC3C(OC(=O)C31)C2OC(=O)COC(=O)C(C)(C)CC. The molecule has 1 heterocycles. The van der Waals surface area contributed by atoms with E-state index in [-0.39, 0.29) is 23.6 Å². The van der Waals surface area contributed by atoms with Crippen molar-refractivity contribution in [3.8, 4) is 0 Å². The van der Waals surface area contributed by atoms with Gasteiger partial charge in [0, 0.05) is 24.2 Å². The number of rotatable bonds is 7. The summed E-state index contributed by atoms with van der Waals surface area (Å²) in [4.78, 5) is 48.6. The summed E-state index contributed by atoms with van der Waals surface area (Å²) in [6, 6.07) is 0. The monoisotopic (exact) mass is 366 g/mol. The average Bonchev–Trinajstić information content (AvgIpc) is 3.22. The number of ketones is 1. The first kappa shape index (κ1) is 18.9. The molecule has 6 atom stereocenters. The van der Waals surface area contributed by atoms with E-state index in [1.54, 1.807) is 20.8 Å². The molecular formula is C19H26O7.